The summed E-state index contributed by atoms with van der Waals surface area (Å²) in [5.74, 6) is 0.171. The van der Waals surface area contributed by atoms with Crippen LogP contribution >= 0.6 is 0 Å². The maximum absolute atomic E-state index is 11.4. The van der Waals surface area contributed by atoms with Crippen LogP contribution < -0.4 is 10.1 Å². The highest BCUT2D eigenvalue weighted by Gasteiger charge is 2.11. The lowest BCUT2D eigenvalue weighted by Crippen LogP contribution is -2.05. The van der Waals surface area contributed by atoms with Crippen LogP contribution in [0.1, 0.15) is 21.7 Å². The predicted molar refractivity (Wildman–Crippen MR) is 77.2 cm³/mol. The zero-order chi connectivity index (χ0) is 15.2. The molecule has 1 aromatic heterocycles. The molecule has 0 spiro atoms. The summed E-state index contributed by atoms with van der Waals surface area (Å²) < 4.78 is 9.87. The Morgan fingerprint density at radius 1 is 1.33 bits per heavy atom. The maximum atomic E-state index is 11.4. The lowest BCUT2D eigenvalue weighted by Gasteiger charge is -2.11. The van der Waals surface area contributed by atoms with Gasteiger partial charge in [-0.25, -0.2) is 4.79 Å². The molecule has 6 nitrogen and oxygen atoms in total. The van der Waals surface area contributed by atoms with Crippen molar-refractivity contribution in [3.63, 3.8) is 0 Å². The largest absolute Gasteiger partial charge is 0.495 e. The van der Waals surface area contributed by atoms with Gasteiger partial charge >= 0.3 is 5.97 Å². The van der Waals surface area contributed by atoms with Gasteiger partial charge in [-0.1, -0.05) is 6.07 Å². The van der Waals surface area contributed by atoms with E-state index in [9.17, 15) is 4.79 Å². The van der Waals surface area contributed by atoms with E-state index in [1.54, 1.807) is 37.4 Å². The first-order valence-corrected chi connectivity index (χ1v) is 6.26. The van der Waals surface area contributed by atoms with E-state index in [-0.39, 0.29) is 0 Å². The number of benzene rings is 1. The van der Waals surface area contributed by atoms with Gasteiger partial charge in [-0.2, -0.15) is 5.26 Å². The summed E-state index contributed by atoms with van der Waals surface area (Å²) in [5.41, 5.74) is 2.30. The number of methoxy groups -OCH3 is 2. The third-order valence-electron chi connectivity index (χ3n) is 2.97. The van der Waals surface area contributed by atoms with Gasteiger partial charge in [0.05, 0.1) is 32.0 Å². The van der Waals surface area contributed by atoms with Crippen molar-refractivity contribution in [1.29, 1.82) is 5.26 Å². The number of carbonyl (C=O) groups excluding carboxylic acids is 1. The molecule has 0 saturated carbocycles. The number of aromatic amines is 1. The number of nitrogens with one attached hydrogen (secondary N) is 2. The molecule has 21 heavy (non-hydrogen) atoms. The van der Waals surface area contributed by atoms with Gasteiger partial charge in [0.15, 0.2) is 0 Å². The van der Waals surface area contributed by atoms with Crippen LogP contribution in [-0.2, 0) is 11.3 Å². The Morgan fingerprint density at radius 3 is 2.81 bits per heavy atom. The molecule has 6 heteroatoms. The highest BCUT2D eigenvalue weighted by molar-refractivity contribution is 5.87. The summed E-state index contributed by atoms with van der Waals surface area (Å²) in [4.78, 5) is 14.3. The van der Waals surface area contributed by atoms with Crippen molar-refractivity contribution in [2.45, 2.75) is 6.54 Å². The molecule has 0 fully saturated rings. The molecule has 0 saturated heterocycles. The Balaban J connectivity index is 2.15. The van der Waals surface area contributed by atoms with Crippen LogP contribution in [0.3, 0.4) is 0 Å². The molecule has 0 radical (unpaired) electrons. The molecule has 2 N–H and O–H groups in total. The number of anilines is 1. The molecule has 1 aromatic carbocycles. The zero-order valence-electron chi connectivity index (χ0n) is 11.8. The summed E-state index contributed by atoms with van der Waals surface area (Å²) in [7, 11) is 2.88. The fourth-order valence-electron chi connectivity index (χ4n) is 1.93. The van der Waals surface area contributed by atoms with Crippen molar-refractivity contribution in [2.75, 3.05) is 19.5 Å². The van der Waals surface area contributed by atoms with Gasteiger partial charge in [-0.05, 0) is 24.3 Å². The molecule has 0 bridgehead atoms. The number of rotatable bonds is 5. The highest BCUT2D eigenvalue weighted by Crippen LogP contribution is 2.28. The van der Waals surface area contributed by atoms with Crippen LogP contribution in [0.5, 0.6) is 5.75 Å². The van der Waals surface area contributed by atoms with E-state index in [0.29, 0.717) is 29.2 Å². The van der Waals surface area contributed by atoms with E-state index in [1.807, 2.05) is 0 Å². The first-order valence-electron chi connectivity index (χ1n) is 6.26. The van der Waals surface area contributed by atoms with E-state index < -0.39 is 5.97 Å². The van der Waals surface area contributed by atoms with Gasteiger partial charge in [0.25, 0.3) is 0 Å². The second-order valence-electron chi connectivity index (χ2n) is 4.24. The summed E-state index contributed by atoms with van der Waals surface area (Å²) in [6, 6.07) is 10.8. The van der Waals surface area contributed by atoms with Gasteiger partial charge < -0.3 is 19.8 Å². The summed E-state index contributed by atoms with van der Waals surface area (Å²) in [6.45, 7) is 0.423. The summed E-state index contributed by atoms with van der Waals surface area (Å²) in [5, 5.41) is 12.3. The number of aromatic nitrogens is 1. The first kappa shape index (κ1) is 14.5. The van der Waals surface area contributed by atoms with E-state index in [1.165, 1.54) is 7.11 Å². The van der Waals surface area contributed by atoms with Crippen LogP contribution in [0, 0.1) is 11.3 Å². The lowest BCUT2D eigenvalue weighted by molar-refractivity contribution is 0.0594. The summed E-state index contributed by atoms with van der Waals surface area (Å²) in [6.07, 6.45) is 0. The SMILES string of the molecule is COC(=O)c1ccc(CNc2c(C#N)cccc2OC)[nH]1. The fraction of sp³-hybridized carbons (Fsp3) is 0.200. The third-order valence-corrected chi connectivity index (χ3v) is 2.97. The second-order valence-corrected chi connectivity index (χ2v) is 4.24. The predicted octanol–water partition coefficient (Wildman–Crippen LogP) is 2.29. The molecule has 0 atom stereocenters. The average Bonchev–Trinajstić information content (AvgIpc) is 3.00. The fourth-order valence-corrected chi connectivity index (χ4v) is 1.93. The van der Waals surface area contributed by atoms with E-state index in [4.69, 9.17) is 10.00 Å². The molecule has 108 valence electrons. The number of hydrogen-bond donors (Lipinski definition) is 2. The molecule has 2 rings (SSSR count). The Morgan fingerprint density at radius 2 is 2.14 bits per heavy atom. The Hall–Kier alpha value is -2.94. The summed E-state index contributed by atoms with van der Waals surface area (Å²) >= 11 is 0. The molecule has 0 amide bonds. The van der Waals surface area contributed by atoms with Crippen molar-refractivity contribution in [3.05, 3.63) is 47.3 Å². The molecule has 0 aliphatic rings. The Bertz CT molecular complexity index is 686. The third kappa shape index (κ3) is 3.15. The number of carbonyl (C=O) groups is 1. The smallest absolute Gasteiger partial charge is 0.354 e. The standard InChI is InChI=1S/C15H15N3O3/c1-20-13-5-3-4-10(8-16)14(13)17-9-11-6-7-12(18-11)15(19)21-2/h3-7,17-18H,9H2,1-2H3. The number of H-pyrrole nitrogens is 1. The van der Waals surface area contributed by atoms with Gasteiger partial charge in [0.1, 0.15) is 17.5 Å². The maximum Gasteiger partial charge on any atom is 0.354 e. The van der Waals surface area contributed by atoms with E-state index in [0.717, 1.165) is 5.69 Å². The zero-order valence-corrected chi connectivity index (χ0v) is 11.8. The molecular formula is C15H15N3O3. The van der Waals surface area contributed by atoms with E-state index >= 15 is 0 Å². The number of para-hydroxylation sites is 1. The van der Waals surface area contributed by atoms with Crippen molar-refractivity contribution in [3.8, 4) is 11.8 Å². The topological polar surface area (TPSA) is 87.1 Å². The number of nitriles is 1. The minimum absolute atomic E-state index is 0.384. The second kappa shape index (κ2) is 6.48. The quantitative estimate of drug-likeness (QED) is 0.823. The highest BCUT2D eigenvalue weighted by atomic mass is 16.5. The van der Waals surface area contributed by atoms with Crippen LogP contribution in [0.15, 0.2) is 30.3 Å². The van der Waals surface area contributed by atoms with Crippen molar-refractivity contribution >= 4 is 11.7 Å². The van der Waals surface area contributed by atoms with Crippen molar-refractivity contribution in [2.24, 2.45) is 0 Å². The number of ether oxygens (including phenoxy) is 2. The normalized spacial score (nSPS) is 9.76. The van der Waals surface area contributed by atoms with Gasteiger partial charge in [-0.15, -0.1) is 0 Å². The monoisotopic (exact) mass is 285 g/mol. The van der Waals surface area contributed by atoms with Crippen molar-refractivity contribution in [1.82, 2.24) is 4.98 Å². The molecule has 0 unspecified atom stereocenters. The van der Waals surface area contributed by atoms with Crippen LogP contribution in [0.25, 0.3) is 0 Å². The minimum atomic E-state index is -0.420. The molecular weight excluding hydrogens is 270 g/mol. The average molecular weight is 285 g/mol. The van der Waals surface area contributed by atoms with Gasteiger partial charge in [0, 0.05) is 5.69 Å². The molecule has 0 aliphatic carbocycles. The number of nitrogens with zero attached hydrogens (tertiary/aromatic N) is 1. The van der Waals surface area contributed by atoms with Crippen molar-refractivity contribution < 1.29 is 14.3 Å². The lowest BCUT2D eigenvalue weighted by atomic mass is 10.1. The van der Waals surface area contributed by atoms with Crippen LogP contribution in [-0.4, -0.2) is 25.2 Å². The minimum Gasteiger partial charge on any atom is -0.495 e. The van der Waals surface area contributed by atoms with Crippen LogP contribution in [0.2, 0.25) is 0 Å². The molecule has 1 heterocycles. The molecule has 2 aromatic rings. The van der Waals surface area contributed by atoms with E-state index in [2.05, 4.69) is 21.1 Å². The Labute approximate surface area is 122 Å². The Kier molecular flexibility index (Phi) is 4.46. The van der Waals surface area contributed by atoms with Crippen LogP contribution in [0.4, 0.5) is 5.69 Å². The number of esters is 1. The number of hydrogen-bond acceptors (Lipinski definition) is 5. The van der Waals surface area contributed by atoms with Gasteiger partial charge in [0.2, 0.25) is 0 Å². The first-order chi connectivity index (χ1) is 10.2. The molecule has 0 aliphatic heterocycles. The van der Waals surface area contributed by atoms with Gasteiger partial charge in [-0.3, -0.25) is 0 Å².